The summed E-state index contributed by atoms with van der Waals surface area (Å²) in [6.07, 6.45) is 0.994. The van der Waals surface area contributed by atoms with Crippen molar-refractivity contribution in [2.75, 3.05) is 13.1 Å². The van der Waals surface area contributed by atoms with E-state index in [0.29, 0.717) is 48.8 Å². The molecule has 288 valence electrons. The molecule has 1 saturated heterocycles. The van der Waals surface area contributed by atoms with Crippen LogP contribution in [0.25, 0.3) is 11.1 Å². The molecule has 2 heterocycles. The normalized spacial score (nSPS) is 16.3. The van der Waals surface area contributed by atoms with Gasteiger partial charge >= 0.3 is 6.09 Å². The van der Waals surface area contributed by atoms with Gasteiger partial charge in [-0.1, -0.05) is 103 Å². The van der Waals surface area contributed by atoms with Crippen LogP contribution in [0.4, 0.5) is 4.79 Å². The number of likely N-dealkylation sites (tertiary alicyclic amines) is 1. The van der Waals surface area contributed by atoms with Gasteiger partial charge in [0.2, 0.25) is 17.6 Å². The molecular formula is C43H46BN5O7. The maximum absolute atomic E-state index is 14.6. The number of nitrogens with two attached hydrogens (primary N) is 1. The van der Waals surface area contributed by atoms with Crippen molar-refractivity contribution in [2.45, 2.75) is 76.0 Å². The van der Waals surface area contributed by atoms with E-state index in [4.69, 9.17) is 27.5 Å². The van der Waals surface area contributed by atoms with E-state index in [1.807, 2.05) is 72.8 Å². The number of aryl methyl sites for hydroxylation is 1. The zero-order valence-corrected chi connectivity index (χ0v) is 31.2. The number of Topliss-reactive ketones (excluding diaryl/α,β-unsaturated/α-hetero) is 1. The third-order valence-corrected chi connectivity index (χ3v) is 9.79. The number of carbonyl (C=O) groups is 4. The number of hydrogen-bond donors (Lipinski definition) is 3. The minimum atomic E-state index is -1.13. The van der Waals surface area contributed by atoms with E-state index in [1.165, 1.54) is 4.90 Å². The van der Waals surface area contributed by atoms with Crippen molar-refractivity contribution >= 4 is 48.1 Å². The molecule has 4 aromatic carbocycles. The van der Waals surface area contributed by atoms with E-state index in [9.17, 15) is 19.2 Å². The molecule has 1 aliphatic heterocycles. The summed E-state index contributed by atoms with van der Waals surface area (Å²) < 4.78 is 17.6. The Morgan fingerprint density at radius 1 is 0.804 bits per heavy atom. The molecule has 6 rings (SSSR count). The molecule has 13 heteroatoms. The molecule has 1 aromatic heterocycles. The Kier molecular flexibility index (Phi) is 14.0. The third-order valence-electron chi connectivity index (χ3n) is 9.79. The lowest BCUT2D eigenvalue weighted by Crippen LogP contribution is -2.58. The fraction of sp³-hybridized carbons (Fsp3) is 0.326. The van der Waals surface area contributed by atoms with Gasteiger partial charge in [-0.05, 0) is 73.9 Å². The van der Waals surface area contributed by atoms with Crippen molar-refractivity contribution in [1.29, 1.82) is 0 Å². The number of hydrogen-bond acceptors (Lipinski definition) is 9. The van der Waals surface area contributed by atoms with Gasteiger partial charge in [0.25, 0.3) is 5.89 Å². The number of amides is 3. The summed E-state index contributed by atoms with van der Waals surface area (Å²) in [5, 5.41) is 5.70. The Morgan fingerprint density at radius 2 is 1.48 bits per heavy atom. The van der Waals surface area contributed by atoms with Gasteiger partial charge in [0, 0.05) is 6.54 Å². The number of ketones is 1. The number of nitrogens with one attached hydrogen (secondary N) is 2. The lowest BCUT2D eigenvalue weighted by atomic mass is 9.95. The van der Waals surface area contributed by atoms with Crippen LogP contribution in [0, 0.1) is 0 Å². The molecule has 2 radical (unpaired) electrons. The van der Waals surface area contributed by atoms with Gasteiger partial charge in [-0.25, -0.2) is 9.78 Å². The number of rotatable bonds is 18. The summed E-state index contributed by atoms with van der Waals surface area (Å²) in [6.45, 7) is 0.749. The van der Waals surface area contributed by atoms with Gasteiger partial charge in [-0.15, -0.1) is 0 Å². The van der Waals surface area contributed by atoms with Crippen molar-refractivity contribution in [1.82, 2.24) is 20.5 Å². The number of unbranched alkanes of at least 4 members (excludes halogenated alkanes) is 1. The van der Waals surface area contributed by atoms with Gasteiger partial charge in [0.1, 0.15) is 32.1 Å². The molecule has 0 saturated carbocycles. The Bertz CT molecular complexity index is 2030. The molecule has 12 nitrogen and oxygen atoms in total. The molecule has 56 heavy (non-hydrogen) atoms. The first-order valence-electron chi connectivity index (χ1n) is 19.0. The van der Waals surface area contributed by atoms with Gasteiger partial charge in [0.15, 0.2) is 5.58 Å². The zero-order valence-electron chi connectivity index (χ0n) is 31.2. The molecule has 0 spiro atoms. The first-order chi connectivity index (χ1) is 27.3. The van der Waals surface area contributed by atoms with E-state index in [2.05, 4.69) is 15.6 Å². The van der Waals surface area contributed by atoms with Crippen LogP contribution in [0.1, 0.15) is 59.5 Å². The largest absolute Gasteiger partial charge is 0.445 e. The standard InChI is InChI=1S/C43H46BN5O7/c44-32-21-18-31(19-22-32)27-54-37-24-26-49(38(37)40(51)46-34(16-9-10-25-45)39(50)41-47-33-15-7-8-17-36(33)56-41)42(52)35(23-20-29-11-3-1-4-12-29)48-43(53)55-28-30-13-5-2-6-14-30/h1-8,11-15,17-19,21-22,34-35,37-38H,9-10,16,20,23-28,45H2,(H,46,51)(H,48,53)/t34-,35+,37-,38-/m0/s1. The van der Waals surface area contributed by atoms with Crippen molar-refractivity contribution < 1.29 is 33.1 Å². The monoisotopic (exact) mass is 755 g/mol. The van der Waals surface area contributed by atoms with Crippen LogP contribution in [-0.2, 0) is 38.7 Å². The molecule has 3 amide bonds. The fourth-order valence-corrected chi connectivity index (χ4v) is 6.78. The second kappa shape index (κ2) is 19.7. The second-order valence-electron chi connectivity index (χ2n) is 13.8. The average Bonchev–Trinajstić information content (AvgIpc) is 3.86. The SMILES string of the molecule is [B]c1ccc(CO[C@H]2CCN(C(=O)[C@@H](CCc3ccccc3)NC(=O)OCc3ccccc3)[C@@H]2C(=O)N[C@@H](CCCCN)C(=O)c2nc3ccccc3o2)cc1. The Balaban J connectivity index is 1.25. The van der Waals surface area contributed by atoms with Gasteiger partial charge < -0.3 is 35.2 Å². The second-order valence-corrected chi connectivity index (χ2v) is 13.8. The molecule has 1 fully saturated rings. The Hall–Kier alpha value is -5.79. The van der Waals surface area contributed by atoms with Crippen LogP contribution < -0.4 is 21.8 Å². The minimum absolute atomic E-state index is 0.0156. The van der Waals surface area contributed by atoms with Crippen LogP contribution >= 0.6 is 0 Å². The lowest BCUT2D eigenvalue weighted by molar-refractivity contribution is -0.143. The molecule has 0 unspecified atom stereocenters. The predicted molar refractivity (Wildman–Crippen MR) is 212 cm³/mol. The summed E-state index contributed by atoms with van der Waals surface area (Å²) in [5.74, 6) is -1.67. The van der Waals surface area contributed by atoms with Gasteiger partial charge in [-0.3, -0.25) is 14.4 Å². The summed E-state index contributed by atoms with van der Waals surface area (Å²) in [6, 6.07) is 29.9. The quantitative estimate of drug-likeness (QED) is 0.0662. The predicted octanol–water partition coefficient (Wildman–Crippen LogP) is 4.53. The highest BCUT2D eigenvalue weighted by atomic mass is 16.5. The number of benzene rings is 4. The first-order valence-corrected chi connectivity index (χ1v) is 19.0. The average molecular weight is 756 g/mol. The number of aromatic nitrogens is 1. The van der Waals surface area contributed by atoms with Crippen LogP contribution in [0.3, 0.4) is 0 Å². The third kappa shape index (κ3) is 10.7. The number of ether oxygens (including phenoxy) is 2. The van der Waals surface area contributed by atoms with Crippen molar-refractivity contribution in [2.24, 2.45) is 5.73 Å². The first kappa shape index (κ1) is 39.9. The van der Waals surface area contributed by atoms with E-state index in [-0.39, 0.29) is 38.5 Å². The number of fused-ring (bicyclic) bond motifs is 1. The highest BCUT2D eigenvalue weighted by Gasteiger charge is 2.45. The molecule has 4 atom stereocenters. The van der Waals surface area contributed by atoms with E-state index < -0.39 is 47.9 Å². The number of para-hydroxylation sites is 2. The Morgan fingerprint density at radius 3 is 2.20 bits per heavy atom. The van der Waals surface area contributed by atoms with E-state index >= 15 is 0 Å². The molecule has 0 aliphatic carbocycles. The lowest BCUT2D eigenvalue weighted by Gasteiger charge is -2.31. The summed E-state index contributed by atoms with van der Waals surface area (Å²) >= 11 is 0. The van der Waals surface area contributed by atoms with Crippen LogP contribution in [0.2, 0.25) is 0 Å². The highest BCUT2D eigenvalue weighted by molar-refractivity contribution is 6.32. The van der Waals surface area contributed by atoms with Crippen molar-refractivity contribution in [3.05, 3.63) is 132 Å². The summed E-state index contributed by atoms with van der Waals surface area (Å²) in [4.78, 5) is 62.1. The number of carbonyl (C=O) groups excluding carboxylic acids is 4. The van der Waals surface area contributed by atoms with Crippen LogP contribution in [0.15, 0.2) is 114 Å². The van der Waals surface area contributed by atoms with Gasteiger partial charge in [-0.2, -0.15) is 0 Å². The molecule has 0 bridgehead atoms. The topological polar surface area (TPSA) is 166 Å². The van der Waals surface area contributed by atoms with Gasteiger partial charge in [0.05, 0.1) is 18.8 Å². The van der Waals surface area contributed by atoms with E-state index in [0.717, 1.165) is 16.7 Å². The minimum Gasteiger partial charge on any atom is -0.445 e. The van der Waals surface area contributed by atoms with Crippen LogP contribution in [-0.4, -0.2) is 78.7 Å². The maximum atomic E-state index is 14.6. The highest BCUT2D eigenvalue weighted by Crippen LogP contribution is 2.26. The van der Waals surface area contributed by atoms with Crippen molar-refractivity contribution in [3.8, 4) is 0 Å². The molecule has 1 aliphatic rings. The summed E-state index contributed by atoms with van der Waals surface area (Å²) in [7, 11) is 5.89. The smallest absolute Gasteiger partial charge is 0.408 e. The summed E-state index contributed by atoms with van der Waals surface area (Å²) in [5.41, 5.74) is 9.94. The molecule has 4 N–H and O–H groups in total. The molecule has 5 aromatic rings. The van der Waals surface area contributed by atoms with E-state index in [1.54, 1.807) is 36.4 Å². The molecular weight excluding hydrogens is 709 g/mol. The number of nitrogens with zero attached hydrogens (tertiary/aromatic N) is 2. The maximum Gasteiger partial charge on any atom is 0.408 e. The number of alkyl carbamates (subject to hydrolysis) is 1. The number of oxazole rings is 1. The zero-order chi connectivity index (χ0) is 39.3. The van der Waals surface area contributed by atoms with Crippen molar-refractivity contribution in [3.63, 3.8) is 0 Å². The fourth-order valence-electron chi connectivity index (χ4n) is 6.78. The van der Waals surface area contributed by atoms with Crippen LogP contribution in [0.5, 0.6) is 0 Å². The Labute approximate surface area is 327 Å².